The van der Waals surface area contributed by atoms with Crippen LogP contribution in [0.4, 0.5) is 0 Å². The van der Waals surface area contributed by atoms with Crippen molar-refractivity contribution in [3.05, 3.63) is 24.3 Å². The van der Waals surface area contributed by atoms with Crippen molar-refractivity contribution in [1.82, 2.24) is 14.9 Å². The highest BCUT2D eigenvalue weighted by atomic mass is 35.5. The van der Waals surface area contributed by atoms with Crippen LogP contribution in [-0.2, 0) is 11.3 Å². The minimum Gasteiger partial charge on any atom is -0.339 e. The lowest BCUT2D eigenvalue weighted by molar-refractivity contribution is -0.127. The van der Waals surface area contributed by atoms with Crippen LogP contribution < -0.4 is 0 Å². The fourth-order valence-electron chi connectivity index (χ4n) is 0.845. The number of nitrogens with zero attached hydrogens (tertiary/aromatic N) is 3. The van der Waals surface area contributed by atoms with Crippen LogP contribution in [0.15, 0.2) is 18.6 Å². The van der Waals surface area contributed by atoms with Gasteiger partial charge < -0.3 is 4.90 Å². The number of hydrogen-bond acceptors (Lipinski definition) is 3. The van der Waals surface area contributed by atoms with E-state index in [1.54, 1.807) is 25.6 Å². The summed E-state index contributed by atoms with van der Waals surface area (Å²) >= 11 is 5.39. The first-order valence-corrected chi connectivity index (χ1v) is 4.32. The molecule has 1 amide bonds. The number of halogens is 1. The molecule has 0 unspecified atom stereocenters. The van der Waals surface area contributed by atoms with Crippen LogP contribution in [-0.4, -0.2) is 33.7 Å². The van der Waals surface area contributed by atoms with Gasteiger partial charge in [0.05, 0.1) is 18.4 Å². The summed E-state index contributed by atoms with van der Waals surface area (Å²) in [4.78, 5) is 20.5. The molecule has 0 saturated heterocycles. The molecule has 0 radical (unpaired) electrons. The third-order valence-electron chi connectivity index (χ3n) is 1.56. The Kier molecular flexibility index (Phi) is 3.64. The number of rotatable bonds is 3. The summed E-state index contributed by atoms with van der Waals surface area (Å²) in [5.74, 6) is -0.121. The zero-order valence-electron chi connectivity index (χ0n) is 7.27. The minimum atomic E-state index is -0.118. The highest BCUT2D eigenvalue weighted by molar-refractivity contribution is 6.27. The van der Waals surface area contributed by atoms with E-state index in [-0.39, 0.29) is 11.8 Å². The lowest BCUT2D eigenvalue weighted by Gasteiger charge is -2.14. The first-order valence-electron chi connectivity index (χ1n) is 3.79. The van der Waals surface area contributed by atoms with E-state index in [4.69, 9.17) is 11.6 Å². The average Bonchev–Trinajstić information content (AvgIpc) is 2.18. The molecule has 4 nitrogen and oxygen atoms in total. The molecule has 0 aliphatic rings. The van der Waals surface area contributed by atoms with Gasteiger partial charge in [-0.25, -0.2) is 0 Å². The van der Waals surface area contributed by atoms with Crippen LogP contribution in [0.25, 0.3) is 0 Å². The normalized spacial score (nSPS) is 9.69. The number of carbonyl (C=O) groups excluding carboxylic acids is 1. The summed E-state index contributed by atoms with van der Waals surface area (Å²) in [7, 11) is 1.68. The van der Waals surface area contributed by atoms with Crippen molar-refractivity contribution >= 4 is 17.5 Å². The van der Waals surface area contributed by atoms with Crippen molar-refractivity contribution in [1.29, 1.82) is 0 Å². The maximum Gasteiger partial charge on any atom is 0.237 e. The van der Waals surface area contributed by atoms with Crippen LogP contribution in [0.2, 0.25) is 0 Å². The van der Waals surface area contributed by atoms with E-state index >= 15 is 0 Å². The van der Waals surface area contributed by atoms with E-state index in [1.807, 2.05) is 0 Å². The monoisotopic (exact) mass is 199 g/mol. The van der Waals surface area contributed by atoms with E-state index in [9.17, 15) is 4.79 Å². The van der Waals surface area contributed by atoms with Crippen LogP contribution in [0.1, 0.15) is 5.69 Å². The molecule has 0 fully saturated rings. The molecule has 1 aromatic heterocycles. The topological polar surface area (TPSA) is 46.1 Å². The minimum absolute atomic E-state index is 0.00321. The molecule has 0 atom stereocenters. The van der Waals surface area contributed by atoms with Crippen molar-refractivity contribution in [2.45, 2.75) is 6.54 Å². The van der Waals surface area contributed by atoms with Gasteiger partial charge in [-0.15, -0.1) is 11.6 Å². The van der Waals surface area contributed by atoms with Gasteiger partial charge in [0.15, 0.2) is 0 Å². The third-order valence-corrected chi connectivity index (χ3v) is 1.78. The second-order valence-corrected chi connectivity index (χ2v) is 2.85. The zero-order chi connectivity index (χ0) is 9.68. The van der Waals surface area contributed by atoms with Gasteiger partial charge in [-0.2, -0.15) is 0 Å². The van der Waals surface area contributed by atoms with Crippen molar-refractivity contribution < 1.29 is 4.79 Å². The largest absolute Gasteiger partial charge is 0.339 e. The molecule has 5 heteroatoms. The van der Waals surface area contributed by atoms with E-state index in [1.165, 1.54) is 4.90 Å². The molecule has 70 valence electrons. The molecule has 0 aromatic carbocycles. The Bertz CT molecular complexity index is 278. The smallest absolute Gasteiger partial charge is 0.237 e. The lowest BCUT2D eigenvalue weighted by atomic mass is 10.4. The quantitative estimate of drug-likeness (QED) is 0.673. The fraction of sp³-hybridized carbons (Fsp3) is 0.375. The summed E-state index contributed by atoms with van der Waals surface area (Å²) < 4.78 is 0. The van der Waals surface area contributed by atoms with Gasteiger partial charge >= 0.3 is 0 Å². The first-order chi connectivity index (χ1) is 6.24. The predicted molar refractivity (Wildman–Crippen MR) is 49.2 cm³/mol. The van der Waals surface area contributed by atoms with Gasteiger partial charge in [0, 0.05) is 19.4 Å². The molecule has 13 heavy (non-hydrogen) atoms. The van der Waals surface area contributed by atoms with E-state index in [0.717, 1.165) is 5.69 Å². The van der Waals surface area contributed by atoms with Crippen molar-refractivity contribution in [3.63, 3.8) is 0 Å². The first kappa shape index (κ1) is 9.92. The Morgan fingerprint density at radius 1 is 1.62 bits per heavy atom. The number of alkyl halides is 1. The van der Waals surface area contributed by atoms with Crippen LogP contribution in [0.3, 0.4) is 0 Å². The maximum atomic E-state index is 11.1. The third kappa shape index (κ3) is 2.99. The Morgan fingerprint density at radius 3 is 2.92 bits per heavy atom. The highest BCUT2D eigenvalue weighted by Crippen LogP contribution is 1.97. The summed E-state index contributed by atoms with van der Waals surface area (Å²) in [5.41, 5.74) is 0.753. The van der Waals surface area contributed by atoms with E-state index in [0.29, 0.717) is 6.54 Å². The van der Waals surface area contributed by atoms with Crippen molar-refractivity contribution in [2.24, 2.45) is 0 Å². The Labute approximate surface area is 81.6 Å². The molecule has 0 aliphatic carbocycles. The predicted octanol–water partition coefficient (Wildman–Crippen LogP) is 0.674. The molecule has 0 bridgehead atoms. The second kappa shape index (κ2) is 4.77. The van der Waals surface area contributed by atoms with Crippen LogP contribution in [0, 0.1) is 0 Å². The van der Waals surface area contributed by atoms with Crippen molar-refractivity contribution in [3.8, 4) is 0 Å². The Balaban J connectivity index is 2.55. The van der Waals surface area contributed by atoms with Gasteiger partial charge in [-0.05, 0) is 0 Å². The van der Waals surface area contributed by atoms with Crippen LogP contribution in [0.5, 0.6) is 0 Å². The zero-order valence-corrected chi connectivity index (χ0v) is 8.03. The Morgan fingerprint density at radius 2 is 2.38 bits per heavy atom. The molecule has 0 saturated carbocycles. The number of aromatic nitrogens is 2. The summed E-state index contributed by atoms with van der Waals surface area (Å²) in [6.07, 6.45) is 4.80. The van der Waals surface area contributed by atoms with Gasteiger partial charge in [0.2, 0.25) is 5.91 Å². The standard InChI is InChI=1S/C8H10ClN3O/c1-12(8(13)4-9)6-7-5-10-2-3-11-7/h2-3,5H,4,6H2,1H3. The maximum absolute atomic E-state index is 11.1. The molecule has 1 heterocycles. The molecule has 1 aromatic rings. The fourth-order valence-corrected chi connectivity index (χ4v) is 1.05. The Hall–Kier alpha value is -1.16. The number of carbonyl (C=O) groups is 1. The van der Waals surface area contributed by atoms with Crippen molar-refractivity contribution in [2.75, 3.05) is 12.9 Å². The van der Waals surface area contributed by atoms with E-state index in [2.05, 4.69) is 9.97 Å². The second-order valence-electron chi connectivity index (χ2n) is 2.58. The summed E-state index contributed by atoms with van der Waals surface area (Å²) in [6.45, 7) is 0.444. The summed E-state index contributed by atoms with van der Waals surface area (Å²) in [6, 6.07) is 0. The van der Waals surface area contributed by atoms with Gasteiger partial charge in [-0.3, -0.25) is 14.8 Å². The number of hydrogen-bond donors (Lipinski definition) is 0. The molecular formula is C8H10ClN3O. The molecule has 0 N–H and O–H groups in total. The average molecular weight is 200 g/mol. The SMILES string of the molecule is CN(Cc1cnccn1)C(=O)CCl. The van der Waals surface area contributed by atoms with Gasteiger partial charge in [0.1, 0.15) is 5.88 Å². The lowest BCUT2D eigenvalue weighted by Crippen LogP contribution is -2.27. The molecule has 0 spiro atoms. The van der Waals surface area contributed by atoms with E-state index < -0.39 is 0 Å². The molecule has 0 aliphatic heterocycles. The highest BCUT2D eigenvalue weighted by Gasteiger charge is 2.07. The number of amides is 1. The van der Waals surface area contributed by atoms with Gasteiger partial charge in [0.25, 0.3) is 0 Å². The molecular weight excluding hydrogens is 190 g/mol. The molecule has 1 rings (SSSR count). The summed E-state index contributed by atoms with van der Waals surface area (Å²) in [5, 5.41) is 0. The van der Waals surface area contributed by atoms with Gasteiger partial charge in [-0.1, -0.05) is 0 Å². The van der Waals surface area contributed by atoms with Crippen LogP contribution >= 0.6 is 11.6 Å².